The molecule has 0 spiro atoms. The van der Waals surface area contributed by atoms with Gasteiger partial charge in [0, 0.05) is 25.1 Å². The monoisotopic (exact) mass is 351 g/mol. The molecule has 2 aromatic carbocycles. The molecular weight excluding hydrogens is 330 g/mol. The highest BCUT2D eigenvalue weighted by atomic mass is 16.3. The molecule has 1 heterocycles. The van der Waals surface area contributed by atoms with E-state index in [0.29, 0.717) is 12.1 Å². The third-order valence-electron chi connectivity index (χ3n) is 4.22. The number of benzene rings is 2. The van der Waals surface area contributed by atoms with Gasteiger partial charge in [0.15, 0.2) is 0 Å². The molecule has 0 atom stereocenters. The number of carbonyl (C=O) groups is 1. The van der Waals surface area contributed by atoms with Crippen LogP contribution in [0.4, 0.5) is 0 Å². The lowest BCUT2D eigenvalue weighted by Crippen LogP contribution is -2.18. The number of carbonyl (C=O) groups excluding carboxylic acids is 1. The van der Waals surface area contributed by atoms with Crippen LogP contribution in [0.5, 0.6) is 0 Å². The van der Waals surface area contributed by atoms with E-state index in [1.165, 1.54) is 0 Å². The summed E-state index contributed by atoms with van der Waals surface area (Å²) < 4.78 is 2.21. The Labute approximate surface area is 151 Å². The van der Waals surface area contributed by atoms with Crippen LogP contribution in [0.25, 0.3) is 11.0 Å². The highest BCUT2D eigenvalue weighted by Crippen LogP contribution is 2.19. The standard InChI is InChI=1S/C19H21N5O2/c1-23(2)12-11-18-20-16-5-3-4-6-17(16)24(18)13-14-7-9-15(10-8-14)19(25)21-22-26/h3-10H,11-13H2,1-2H3,(H,21,25,26). The van der Waals surface area contributed by atoms with Crippen LogP contribution in [0.2, 0.25) is 0 Å². The Kier molecular flexibility index (Phi) is 5.38. The highest BCUT2D eigenvalue weighted by Gasteiger charge is 2.12. The summed E-state index contributed by atoms with van der Waals surface area (Å²) in [4.78, 5) is 28.7. The van der Waals surface area contributed by atoms with E-state index in [2.05, 4.69) is 20.8 Å². The summed E-state index contributed by atoms with van der Waals surface area (Å²) in [6, 6.07) is 15.2. The maximum atomic E-state index is 11.6. The molecule has 134 valence electrons. The molecule has 1 N–H and O–H groups in total. The SMILES string of the molecule is CN(C)CCc1nc2ccccc2n1Cc1ccc(C(=O)NN=O)cc1. The molecule has 7 heteroatoms. The van der Waals surface area contributed by atoms with Gasteiger partial charge in [0.25, 0.3) is 5.91 Å². The number of para-hydroxylation sites is 2. The Hall–Kier alpha value is -3.06. The molecule has 1 amide bonds. The van der Waals surface area contributed by atoms with Crippen LogP contribution in [0.1, 0.15) is 21.7 Å². The highest BCUT2D eigenvalue weighted by molar-refractivity contribution is 5.93. The summed E-state index contributed by atoms with van der Waals surface area (Å²) >= 11 is 0. The van der Waals surface area contributed by atoms with E-state index in [9.17, 15) is 9.70 Å². The number of aromatic nitrogens is 2. The largest absolute Gasteiger partial charge is 0.323 e. The van der Waals surface area contributed by atoms with E-state index < -0.39 is 5.91 Å². The minimum atomic E-state index is -0.508. The summed E-state index contributed by atoms with van der Waals surface area (Å²) in [6.45, 7) is 1.58. The Morgan fingerprint density at radius 1 is 1.15 bits per heavy atom. The van der Waals surface area contributed by atoms with Crippen LogP contribution in [0, 0.1) is 4.91 Å². The molecule has 0 saturated carbocycles. The fourth-order valence-electron chi connectivity index (χ4n) is 2.87. The lowest BCUT2D eigenvalue weighted by Gasteiger charge is -2.12. The van der Waals surface area contributed by atoms with E-state index in [1.807, 2.05) is 49.9 Å². The summed E-state index contributed by atoms with van der Waals surface area (Å²) in [5, 5.41) is 2.41. The predicted octanol–water partition coefficient (Wildman–Crippen LogP) is 2.60. The predicted molar refractivity (Wildman–Crippen MR) is 101 cm³/mol. The van der Waals surface area contributed by atoms with Crippen LogP contribution in [0.3, 0.4) is 0 Å². The van der Waals surface area contributed by atoms with Gasteiger partial charge in [-0.2, -0.15) is 0 Å². The fourth-order valence-corrected chi connectivity index (χ4v) is 2.87. The van der Waals surface area contributed by atoms with Crippen LogP contribution in [-0.4, -0.2) is 41.0 Å². The van der Waals surface area contributed by atoms with Crippen molar-refractivity contribution in [3.63, 3.8) is 0 Å². The zero-order chi connectivity index (χ0) is 18.5. The van der Waals surface area contributed by atoms with Gasteiger partial charge in [-0.15, -0.1) is 4.91 Å². The van der Waals surface area contributed by atoms with Crippen LogP contribution >= 0.6 is 0 Å². The zero-order valence-corrected chi connectivity index (χ0v) is 14.8. The van der Waals surface area contributed by atoms with Crippen molar-refractivity contribution >= 4 is 16.9 Å². The van der Waals surface area contributed by atoms with Crippen molar-refractivity contribution < 1.29 is 4.79 Å². The average molecular weight is 351 g/mol. The summed E-state index contributed by atoms with van der Waals surface area (Å²) in [5.41, 5.74) is 5.42. The molecule has 1 aromatic heterocycles. The van der Waals surface area contributed by atoms with Gasteiger partial charge in [0.05, 0.1) is 16.3 Å². The topological polar surface area (TPSA) is 79.6 Å². The van der Waals surface area contributed by atoms with Gasteiger partial charge in [0.2, 0.25) is 0 Å². The van der Waals surface area contributed by atoms with Gasteiger partial charge >= 0.3 is 0 Å². The number of likely N-dealkylation sites (N-methyl/N-ethyl adjacent to an activating group) is 1. The van der Waals surface area contributed by atoms with Gasteiger partial charge in [-0.1, -0.05) is 24.3 Å². The van der Waals surface area contributed by atoms with E-state index in [-0.39, 0.29) is 0 Å². The second kappa shape index (κ2) is 7.88. The Morgan fingerprint density at radius 3 is 2.58 bits per heavy atom. The molecule has 26 heavy (non-hydrogen) atoms. The first-order chi connectivity index (χ1) is 12.6. The molecule has 7 nitrogen and oxygen atoms in total. The van der Waals surface area contributed by atoms with Crippen molar-refractivity contribution in [3.05, 3.63) is 70.4 Å². The summed E-state index contributed by atoms with van der Waals surface area (Å²) in [5.74, 6) is 0.526. The molecule has 0 unspecified atom stereocenters. The lowest BCUT2D eigenvalue weighted by molar-refractivity contribution is 0.0954. The number of nitrogens with zero attached hydrogens (tertiary/aromatic N) is 4. The molecule has 0 bridgehead atoms. The van der Waals surface area contributed by atoms with Crippen molar-refractivity contribution in [2.24, 2.45) is 5.29 Å². The Morgan fingerprint density at radius 2 is 1.88 bits per heavy atom. The first-order valence-corrected chi connectivity index (χ1v) is 8.39. The second-order valence-electron chi connectivity index (χ2n) is 6.39. The number of nitrogens with one attached hydrogen (secondary N) is 1. The van der Waals surface area contributed by atoms with Crippen molar-refractivity contribution in [2.75, 3.05) is 20.6 Å². The molecule has 0 fully saturated rings. The minimum absolute atomic E-state index is 0.400. The Balaban J connectivity index is 1.88. The van der Waals surface area contributed by atoms with E-state index in [0.717, 1.165) is 35.4 Å². The first-order valence-electron chi connectivity index (χ1n) is 8.39. The van der Waals surface area contributed by atoms with Crippen molar-refractivity contribution in [1.82, 2.24) is 19.9 Å². The number of amides is 1. The smallest absolute Gasteiger partial charge is 0.273 e. The Bertz CT molecular complexity index is 915. The maximum absolute atomic E-state index is 11.6. The maximum Gasteiger partial charge on any atom is 0.273 e. The molecule has 0 aliphatic heterocycles. The van der Waals surface area contributed by atoms with Gasteiger partial charge in [0.1, 0.15) is 5.82 Å². The van der Waals surface area contributed by atoms with Crippen LogP contribution in [0.15, 0.2) is 53.8 Å². The normalized spacial score (nSPS) is 11.0. The van der Waals surface area contributed by atoms with Crippen molar-refractivity contribution in [1.29, 1.82) is 0 Å². The quantitative estimate of drug-likeness (QED) is 0.524. The molecule has 0 aliphatic rings. The van der Waals surface area contributed by atoms with Crippen molar-refractivity contribution in [2.45, 2.75) is 13.0 Å². The number of nitroso groups, excluding NO2 is 1. The molecule has 0 saturated heterocycles. The van der Waals surface area contributed by atoms with E-state index >= 15 is 0 Å². The van der Waals surface area contributed by atoms with Gasteiger partial charge in [-0.3, -0.25) is 4.79 Å². The average Bonchev–Trinajstić information content (AvgIpc) is 2.98. The molecule has 3 aromatic rings. The molecular formula is C19H21N5O2. The summed E-state index contributed by atoms with van der Waals surface area (Å²) in [6.07, 6.45) is 0.854. The lowest BCUT2D eigenvalue weighted by atomic mass is 10.1. The number of fused-ring (bicyclic) bond motifs is 1. The van der Waals surface area contributed by atoms with Gasteiger partial charge in [-0.05, 0) is 43.9 Å². The number of imidazole rings is 1. The number of hydrogen-bond donors (Lipinski definition) is 1. The first kappa shape index (κ1) is 17.8. The van der Waals surface area contributed by atoms with E-state index in [4.69, 9.17) is 4.98 Å². The zero-order valence-electron chi connectivity index (χ0n) is 14.8. The third kappa shape index (κ3) is 3.94. The van der Waals surface area contributed by atoms with Crippen LogP contribution < -0.4 is 5.43 Å². The molecule has 0 radical (unpaired) electrons. The third-order valence-corrected chi connectivity index (χ3v) is 4.22. The van der Waals surface area contributed by atoms with E-state index in [1.54, 1.807) is 12.1 Å². The minimum Gasteiger partial charge on any atom is -0.323 e. The summed E-state index contributed by atoms with van der Waals surface area (Å²) in [7, 11) is 4.09. The second-order valence-corrected chi connectivity index (χ2v) is 6.39. The van der Waals surface area contributed by atoms with Gasteiger partial charge < -0.3 is 9.47 Å². The molecule has 0 aliphatic carbocycles. The number of hydrogen-bond acceptors (Lipinski definition) is 5. The molecule has 3 rings (SSSR count). The number of rotatable bonds is 7. The van der Waals surface area contributed by atoms with Gasteiger partial charge in [-0.25, -0.2) is 10.4 Å². The fraction of sp³-hybridized carbons (Fsp3) is 0.263. The van der Waals surface area contributed by atoms with Crippen molar-refractivity contribution in [3.8, 4) is 0 Å². The van der Waals surface area contributed by atoms with Crippen LogP contribution in [-0.2, 0) is 13.0 Å².